The molecular formula is C19H16BrFN4O. The molecule has 1 saturated carbocycles. The number of rotatable bonds is 4. The standard InChI is InChI=1S/C19H16BrFN4O/c1-11-4-17(21)16(19(26)24-15-2-3-15)6-18(11)25-10-13(8-23-25)12-5-14(20)9-22-7-12/h4-10,15H,2-3H2,1H3,(H,24,26). The van der Waals surface area contributed by atoms with Crippen LogP contribution in [-0.4, -0.2) is 26.7 Å². The van der Waals surface area contributed by atoms with Crippen LogP contribution in [0.4, 0.5) is 4.39 Å². The lowest BCUT2D eigenvalue weighted by molar-refractivity contribution is 0.0947. The van der Waals surface area contributed by atoms with Crippen molar-refractivity contribution in [2.75, 3.05) is 0 Å². The molecule has 0 atom stereocenters. The molecule has 3 aromatic rings. The highest BCUT2D eigenvalue weighted by Gasteiger charge is 2.25. The van der Waals surface area contributed by atoms with Crippen LogP contribution in [0.1, 0.15) is 28.8 Å². The normalized spacial score (nSPS) is 13.7. The first-order chi connectivity index (χ1) is 12.5. The molecule has 132 valence electrons. The van der Waals surface area contributed by atoms with Gasteiger partial charge in [0.1, 0.15) is 5.82 Å². The Morgan fingerprint density at radius 2 is 2.04 bits per heavy atom. The van der Waals surface area contributed by atoms with Gasteiger partial charge in [-0.05, 0) is 59.5 Å². The fourth-order valence-corrected chi connectivity index (χ4v) is 3.11. The second-order valence-electron chi connectivity index (χ2n) is 6.43. The highest BCUT2D eigenvalue weighted by atomic mass is 79.9. The van der Waals surface area contributed by atoms with Crippen LogP contribution >= 0.6 is 15.9 Å². The van der Waals surface area contributed by atoms with E-state index in [2.05, 4.69) is 31.3 Å². The monoisotopic (exact) mass is 414 g/mol. The first-order valence-electron chi connectivity index (χ1n) is 8.28. The van der Waals surface area contributed by atoms with E-state index in [0.717, 1.165) is 28.4 Å². The van der Waals surface area contributed by atoms with E-state index in [4.69, 9.17) is 0 Å². The van der Waals surface area contributed by atoms with E-state index >= 15 is 0 Å². The average molecular weight is 415 g/mol. The van der Waals surface area contributed by atoms with Crippen molar-refractivity contribution in [3.63, 3.8) is 0 Å². The van der Waals surface area contributed by atoms with E-state index in [1.54, 1.807) is 36.3 Å². The van der Waals surface area contributed by atoms with Gasteiger partial charge in [0.25, 0.3) is 5.91 Å². The van der Waals surface area contributed by atoms with Crippen LogP contribution in [-0.2, 0) is 0 Å². The summed E-state index contributed by atoms with van der Waals surface area (Å²) in [6.45, 7) is 1.79. The molecule has 0 radical (unpaired) electrons. The molecular weight excluding hydrogens is 399 g/mol. The van der Waals surface area contributed by atoms with Crippen LogP contribution in [0, 0.1) is 12.7 Å². The maximum Gasteiger partial charge on any atom is 0.254 e. The molecule has 2 aromatic heterocycles. The Bertz CT molecular complexity index is 997. The number of aryl methyl sites for hydroxylation is 1. The lowest BCUT2D eigenvalue weighted by atomic mass is 10.1. The van der Waals surface area contributed by atoms with E-state index in [-0.39, 0.29) is 17.5 Å². The first-order valence-corrected chi connectivity index (χ1v) is 9.07. The molecule has 1 amide bonds. The van der Waals surface area contributed by atoms with E-state index < -0.39 is 5.82 Å². The number of nitrogens with one attached hydrogen (secondary N) is 1. The predicted molar refractivity (Wildman–Crippen MR) is 99.7 cm³/mol. The molecule has 5 nitrogen and oxygen atoms in total. The van der Waals surface area contributed by atoms with E-state index in [1.807, 2.05) is 12.3 Å². The predicted octanol–water partition coefficient (Wildman–Crippen LogP) is 4.04. The largest absolute Gasteiger partial charge is 0.349 e. The Kier molecular flexibility index (Phi) is 4.32. The number of amides is 1. The van der Waals surface area contributed by atoms with Crippen molar-refractivity contribution in [2.24, 2.45) is 0 Å². The molecule has 0 unspecified atom stereocenters. The molecule has 0 spiro atoms. The van der Waals surface area contributed by atoms with Crippen LogP contribution in [0.15, 0.2) is 47.5 Å². The number of nitrogens with zero attached hydrogens (tertiary/aromatic N) is 3. The molecule has 0 saturated heterocycles. The maximum absolute atomic E-state index is 14.3. The maximum atomic E-state index is 14.3. The zero-order valence-corrected chi connectivity index (χ0v) is 15.6. The zero-order chi connectivity index (χ0) is 18.3. The summed E-state index contributed by atoms with van der Waals surface area (Å²) in [6.07, 6.45) is 8.92. The third-order valence-electron chi connectivity index (χ3n) is 4.31. The summed E-state index contributed by atoms with van der Waals surface area (Å²) in [6, 6.07) is 5.05. The van der Waals surface area contributed by atoms with Crippen molar-refractivity contribution in [1.82, 2.24) is 20.1 Å². The van der Waals surface area contributed by atoms with Gasteiger partial charge >= 0.3 is 0 Å². The summed E-state index contributed by atoms with van der Waals surface area (Å²) in [4.78, 5) is 16.4. The molecule has 2 heterocycles. The van der Waals surface area contributed by atoms with Gasteiger partial charge in [-0.15, -0.1) is 0 Å². The van der Waals surface area contributed by atoms with Gasteiger partial charge in [-0.2, -0.15) is 5.10 Å². The number of carbonyl (C=O) groups excluding carboxylic acids is 1. The van der Waals surface area contributed by atoms with Crippen molar-refractivity contribution in [3.8, 4) is 16.8 Å². The number of carbonyl (C=O) groups is 1. The number of hydrogen-bond donors (Lipinski definition) is 1. The molecule has 1 aromatic carbocycles. The van der Waals surface area contributed by atoms with Crippen molar-refractivity contribution in [1.29, 1.82) is 0 Å². The fourth-order valence-electron chi connectivity index (χ4n) is 2.75. The van der Waals surface area contributed by atoms with Crippen LogP contribution in [0.5, 0.6) is 0 Å². The molecule has 1 N–H and O–H groups in total. The Balaban J connectivity index is 1.70. The first kappa shape index (κ1) is 16.9. The minimum absolute atomic E-state index is 0.0404. The molecule has 4 rings (SSSR count). The van der Waals surface area contributed by atoms with Gasteiger partial charge in [0, 0.05) is 40.2 Å². The summed E-state index contributed by atoms with van der Waals surface area (Å²) in [5, 5.41) is 7.20. The lowest BCUT2D eigenvalue weighted by Gasteiger charge is -2.10. The fraction of sp³-hybridized carbons (Fsp3) is 0.211. The van der Waals surface area contributed by atoms with Crippen molar-refractivity contribution in [2.45, 2.75) is 25.8 Å². The van der Waals surface area contributed by atoms with E-state index in [1.165, 1.54) is 6.07 Å². The van der Waals surface area contributed by atoms with Crippen molar-refractivity contribution >= 4 is 21.8 Å². The number of hydrogen-bond acceptors (Lipinski definition) is 3. The lowest BCUT2D eigenvalue weighted by Crippen LogP contribution is -2.26. The Labute approximate surface area is 158 Å². The summed E-state index contributed by atoms with van der Waals surface area (Å²) in [7, 11) is 0. The van der Waals surface area contributed by atoms with Crippen LogP contribution < -0.4 is 5.32 Å². The third kappa shape index (κ3) is 3.39. The van der Waals surface area contributed by atoms with Gasteiger partial charge in [0.2, 0.25) is 0 Å². The van der Waals surface area contributed by atoms with Crippen LogP contribution in [0.3, 0.4) is 0 Å². The summed E-state index contributed by atoms with van der Waals surface area (Å²) >= 11 is 3.40. The van der Waals surface area contributed by atoms with Gasteiger partial charge in [0.15, 0.2) is 0 Å². The number of aromatic nitrogens is 3. The molecule has 7 heteroatoms. The van der Waals surface area contributed by atoms with Gasteiger partial charge in [-0.1, -0.05) is 0 Å². The second kappa shape index (κ2) is 6.64. The SMILES string of the molecule is Cc1cc(F)c(C(=O)NC2CC2)cc1-n1cc(-c2cncc(Br)c2)cn1. The number of halogens is 2. The minimum Gasteiger partial charge on any atom is -0.349 e. The Morgan fingerprint density at radius 1 is 1.23 bits per heavy atom. The summed E-state index contributed by atoms with van der Waals surface area (Å²) < 4.78 is 16.8. The summed E-state index contributed by atoms with van der Waals surface area (Å²) in [5.74, 6) is -0.900. The van der Waals surface area contributed by atoms with Crippen LogP contribution in [0.25, 0.3) is 16.8 Å². The molecule has 0 bridgehead atoms. The summed E-state index contributed by atoms with van der Waals surface area (Å²) in [5.41, 5.74) is 3.20. The zero-order valence-electron chi connectivity index (χ0n) is 14.0. The van der Waals surface area contributed by atoms with Gasteiger partial charge in [-0.3, -0.25) is 9.78 Å². The quantitative estimate of drug-likeness (QED) is 0.700. The molecule has 1 aliphatic carbocycles. The highest BCUT2D eigenvalue weighted by molar-refractivity contribution is 9.10. The topological polar surface area (TPSA) is 59.8 Å². The molecule has 0 aliphatic heterocycles. The molecule has 26 heavy (non-hydrogen) atoms. The van der Waals surface area contributed by atoms with Gasteiger partial charge in [0.05, 0.1) is 17.4 Å². The van der Waals surface area contributed by atoms with E-state index in [9.17, 15) is 9.18 Å². The van der Waals surface area contributed by atoms with Crippen molar-refractivity contribution < 1.29 is 9.18 Å². The third-order valence-corrected chi connectivity index (χ3v) is 4.74. The van der Waals surface area contributed by atoms with Gasteiger partial charge in [-0.25, -0.2) is 9.07 Å². The van der Waals surface area contributed by atoms with Crippen LogP contribution in [0.2, 0.25) is 0 Å². The Hall–Kier alpha value is -2.54. The van der Waals surface area contributed by atoms with Crippen molar-refractivity contribution in [3.05, 3.63) is 64.4 Å². The minimum atomic E-state index is -0.520. The average Bonchev–Trinajstić information content (AvgIpc) is 3.28. The number of pyridine rings is 1. The second-order valence-corrected chi connectivity index (χ2v) is 7.35. The highest BCUT2D eigenvalue weighted by Crippen LogP contribution is 2.25. The van der Waals surface area contributed by atoms with Gasteiger partial charge < -0.3 is 5.32 Å². The molecule has 1 fully saturated rings. The van der Waals surface area contributed by atoms with E-state index in [0.29, 0.717) is 11.3 Å². The Morgan fingerprint density at radius 3 is 2.77 bits per heavy atom. The number of benzene rings is 1. The molecule has 1 aliphatic rings. The smallest absolute Gasteiger partial charge is 0.254 e.